The van der Waals surface area contributed by atoms with Crippen molar-refractivity contribution in [1.82, 2.24) is 5.32 Å². The van der Waals surface area contributed by atoms with Gasteiger partial charge in [-0.15, -0.1) is 0 Å². The van der Waals surface area contributed by atoms with Crippen LogP contribution in [0.3, 0.4) is 0 Å². The Balaban J connectivity index is 1.56. The molecule has 1 saturated heterocycles. The van der Waals surface area contributed by atoms with E-state index in [1.165, 1.54) is 0 Å². The molecule has 2 aliphatic rings. The van der Waals surface area contributed by atoms with Gasteiger partial charge in [0.05, 0.1) is 16.9 Å². The van der Waals surface area contributed by atoms with Crippen molar-refractivity contribution in [3.63, 3.8) is 0 Å². The van der Waals surface area contributed by atoms with Gasteiger partial charge in [0.1, 0.15) is 6.61 Å². The molecular formula is C20H17ClN2O3. The fourth-order valence-electron chi connectivity index (χ4n) is 3.16. The number of hydrogen-bond donors (Lipinski definition) is 1. The maximum Gasteiger partial charge on any atom is 0.324 e. The Hall–Kier alpha value is -2.66. The number of aliphatic imine (C=N–C) groups is 1. The lowest BCUT2D eigenvalue weighted by atomic mass is 10.0. The van der Waals surface area contributed by atoms with Crippen LogP contribution < -0.4 is 5.32 Å². The Morgan fingerprint density at radius 2 is 1.81 bits per heavy atom. The molecule has 5 nitrogen and oxygen atoms in total. The van der Waals surface area contributed by atoms with Gasteiger partial charge in [0.15, 0.2) is 5.92 Å². The van der Waals surface area contributed by atoms with E-state index in [0.29, 0.717) is 16.4 Å². The minimum Gasteiger partial charge on any atom is -0.459 e. The number of carbonyl (C=O) groups excluding carboxylic acids is 2. The van der Waals surface area contributed by atoms with Gasteiger partial charge < -0.3 is 10.1 Å². The molecule has 0 bridgehead atoms. The van der Waals surface area contributed by atoms with E-state index in [4.69, 9.17) is 16.3 Å². The summed E-state index contributed by atoms with van der Waals surface area (Å²) >= 11 is 5.88. The first-order chi connectivity index (χ1) is 12.6. The van der Waals surface area contributed by atoms with Crippen LogP contribution in [-0.4, -0.2) is 24.2 Å². The largest absolute Gasteiger partial charge is 0.459 e. The molecule has 6 heteroatoms. The normalized spacial score (nSPS) is 22.1. The Kier molecular flexibility index (Phi) is 4.24. The summed E-state index contributed by atoms with van der Waals surface area (Å²) in [5, 5.41) is 3.64. The number of benzene rings is 2. The van der Waals surface area contributed by atoms with Crippen LogP contribution >= 0.6 is 11.6 Å². The molecule has 1 N–H and O–H groups in total. The summed E-state index contributed by atoms with van der Waals surface area (Å²) in [6.45, 7) is 0.0257. The molecule has 1 atom stereocenters. The molecule has 1 amide bonds. The summed E-state index contributed by atoms with van der Waals surface area (Å²) < 4.78 is 5.08. The summed E-state index contributed by atoms with van der Waals surface area (Å²) in [5.74, 6) is -1.92. The first-order valence-electron chi connectivity index (χ1n) is 8.45. The molecule has 26 heavy (non-hydrogen) atoms. The van der Waals surface area contributed by atoms with Gasteiger partial charge in [-0.05, 0) is 42.7 Å². The molecule has 1 aliphatic carbocycles. The number of carbonyl (C=O) groups is 2. The Morgan fingerprint density at radius 3 is 2.46 bits per heavy atom. The average Bonchev–Trinajstić information content (AvgIpc) is 3.34. The molecular weight excluding hydrogens is 352 g/mol. The third-order valence-corrected chi connectivity index (χ3v) is 4.98. The lowest BCUT2D eigenvalue weighted by Crippen LogP contribution is -2.42. The molecule has 1 heterocycles. The van der Waals surface area contributed by atoms with Gasteiger partial charge in [0.2, 0.25) is 5.91 Å². The van der Waals surface area contributed by atoms with Crippen LogP contribution in [-0.2, 0) is 19.9 Å². The molecule has 2 aromatic rings. The monoisotopic (exact) mass is 368 g/mol. The molecule has 0 aromatic heterocycles. The van der Waals surface area contributed by atoms with Gasteiger partial charge in [-0.3, -0.25) is 14.6 Å². The Bertz CT molecular complexity index is 874. The second-order valence-corrected chi connectivity index (χ2v) is 6.99. The fourth-order valence-corrected chi connectivity index (χ4v) is 3.29. The summed E-state index contributed by atoms with van der Waals surface area (Å²) in [4.78, 5) is 29.4. The molecule has 132 valence electrons. The molecule has 0 spiro atoms. The topological polar surface area (TPSA) is 67.8 Å². The summed E-state index contributed by atoms with van der Waals surface area (Å²) in [7, 11) is 0. The fraction of sp³-hybridized carbons (Fsp3) is 0.250. The number of hydrogen-bond acceptors (Lipinski definition) is 4. The van der Waals surface area contributed by atoms with E-state index < -0.39 is 11.9 Å². The van der Waals surface area contributed by atoms with E-state index in [-0.39, 0.29) is 18.1 Å². The number of nitrogens with one attached hydrogen (secondary N) is 1. The van der Waals surface area contributed by atoms with E-state index in [0.717, 1.165) is 18.4 Å². The van der Waals surface area contributed by atoms with Crippen molar-refractivity contribution in [2.75, 3.05) is 6.61 Å². The van der Waals surface area contributed by atoms with Crippen molar-refractivity contribution < 1.29 is 14.3 Å². The predicted molar refractivity (Wildman–Crippen MR) is 98.5 cm³/mol. The minimum atomic E-state index is -1.01. The zero-order valence-corrected chi connectivity index (χ0v) is 14.7. The lowest BCUT2D eigenvalue weighted by molar-refractivity contribution is -0.145. The van der Waals surface area contributed by atoms with Crippen molar-refractivity contribution in [2.24, 2.45) is 10.9 Å². The van der Waals surface area contributed by atoms with Gasteiger partial charge in [0.25, 0.3) is 0 Å². The molecule has 1 unspecified atom stereocenters. The van der Waals surface area contributed by atoms with Crippen molar-refractivity contribution in [3.8, 4) is 0 Å². The highest BCUT2D eigenvalue weighted by molar-refractivity contribution is 6.30. The van der Waals surface area contributed by atoms with E-state index in [1.54, 1.807) is 24.3 Å². The highest BCUT2D eigenvalue weighted by Crippen LogP contribution is 2.45. The maximum atomic E-state index is 12.8. The van der Waals surface area contributed by atoms with Gasteiger partial charge in [-0.2, -0.15) is 0 Å². The summed E-state index contributed by atoms with van der Waals surface area (Å²) in [5.41, 5.74) is 1.71. The van der Waals surface area contributed by atoms with Crippen LogP contribution in [0.4, 0.5) is 5.69 Å². The zero-order chi connectivity index (χ0) is 18.1. The van der Waals surface area contributed by atoms with Gasteiger partial charge in [-0.25, -0.2) is 0 Å². The SMILES string of the molecule is O=C(NC1(c2ccccc2)CC1)C1C(=O)OCC1=Nc1ccc(Cl)cc1. The average molecular weight is 369 g/mol. The number of ether oxygens (including phenoxy) is 1. The van der Waals surface area contributed by atoms with Crippen molar-refractivity contribution in [1.29, 1.82) is 0 Å². The van der Waals surface area contributed by atoms with Crippen LogP contribution in [0.25, 0.3) is 0 Å². The highest BCUT2D eigenvalue weighted by Gasteiger charge is 2.49. The Morgan fingerprint density at radius 1 is 1.12 bits per heavy atom. The number of cyclic esters (lactones) is 1. The molecule has 1 saturated carbocycles. The van der Waals surface area contributed by atoms with Crippen molar-refractivity contribution in [2.45, 2.75) is 18.4 Å². The number of rotatable bonds is 4. The predicted octanol–water partition coefficient (Wildman–Crippen LogP) is 3.39. The lowest BCUT2D eigenvalue weighted by Gasteiger charge is -2.19. The first kappa shape index (κ1) is 16.8. The molecule has 1 aliphatic heterocycles. The first-order valence-corrected chi connectivity index (χ1v) is 8.82. The third kappa shape index (κ3) is 3.22. The van der Waals surface area contributed by atoms with Crippen molar-refractivity contribution >= 4 is 34.9 Å². The number of halogens is 1. The van der Waals surface area contributed by atoms with E-state index in [2.05, 4.69) is 10.3 Å². The quantitative estimate of drug-likeness (QED) is 0.664. The van der Waals surface area contributed by atoms with E-state index in [9.17, 15) is 9.59 Å². The second-order valence-electron chi connectivity index (χ2n) is 6.56. The molecule has 2 aromatic carbocycles. The maximum absolute atomic E-state index is 12.8. The molecule has 4 rings (SSSR count). The van der Waals surface area contributed by atoms with Crippen LogP contribution in [0.5, 0.6) is 0 Å². The zero-order valence-electron chi connectivity index (χ0n) is 13.9. The van der Waals surface area contributed by atoms with Crippen molar-refractivity contribution in [3.05, 3.63) is 65.2 Å². The number of amides is 1. The minimum absolute atomic E-state index is 0.0257. The van der Waals surface area contributed by atoms with Gasteiger partial charge in [-0.1, -0.05) is 41.9 Å². The van der Waals surface area contributed by atoms with Gasteiger partial charge >= 0.3 is 5.97 Å². The molecule has 2 fully saturated rings. The summed E-state index contributed by atoms with van der Waals surface area (Å²) in [6, 6.07) is 16.7. The smallest absolute Gasteiger partial charge is 0.324 e. The van der Waals surface area contributed by atoms with Crippen LogP contribution in [0.2, 0.25) is 5.02 Å². The van der Waals surface area contributed by atoms with Crippen LogP contribution in [0.15, 0.2) is 59.6 Å². The molecule has 0 radical (unpaired) electrons. The second kappa shape index (κ2) is 6.57. The van der Waals surface area contributed by atoms with Crippen LogP contribution in [0, 0.1) is 5.92 Å². The van der Waals surface area contributed by atoms with Crippen LogP contribution in [0.1, 0.15) is 18.4 Å². The number of nitrogens with zero attached hydrogens (tertiary/aromatic N) is 1. The van der Waals surface area contributed by atoms with E-state index in [1.807, 2.05) is 30.3 Å². The summed E-state index contributed by atoms with van der Waals surface area (Å²) in [6.07, 6.45) is 1.71. The van der Waals surface area contributed by atoms with Gasteiger partial charge in [0, 0.05) is 5.02 Å². The number of esters is 1. The van der Waals surface area contributed by atoms with E-state index >= 15 is 0 Å². The standard InChI is InChI=1S/C20H17ClN2O3/c21-14-6-8-15(9-7-14)22-16-12-26-19(25)17(16)18(24)23-20(10-11-20)13-4-2-1-3-5-13/h1-9,17H,10-12H2,(H,23,24). The third-order valence-electron chi connectivity index (χ3n) is 4.73. The highest BCUT2D eigenvalue weighted by atomic mass is 35.5. The Labute approximate surface area is 156 Å².